The van der Waals surface area contributed by atoms with E-state index in [2.05, 4.69) is 4.98 Å². The van der Waals surface area contributed by atoms with Gasteiger partial charge in [-0.05, 0) is 36.6 Å². The summed E-state index contributed by atoms with van der Waals surface area (Å²) in [5.41, 5.74) is 0.860. The first-order chi connectivity index (χ1) is 9.24. The van der Waals surface area contributed by atoms with Gasteiger partial charge in [0.25, 0.3) is 0 Å². The summed E-state index contributed by atoms with van der Waals surface area (Å²) in [6.07, 6.45) is 4.13. The summed E-state index contributed by atoms with van der Waals surface area (Å²) < 4.78 is 19.2. The Morgan fingerprint density at radius 2 is 1.95 bits per heavy atom. The second-order valence-corrected chi connectivity index (χ2v) is 4.69. The highest BCUT2D eigenvalue weighted by Gasteiger charge is 2.23. The van der Waals surface area contributed by atoms with Crippen molar-refractivity contribution >= 4 is 0 Å². The third-order valence-electron chi connectivity index (χ3n) is 3.12. The summed E-state index contributed by atoms with van der Waals surface area (Å²) in [5.74, 6) is 0.280. The maximum Gasteiger partial charge on any atom is 0.147 e. The van der Waals surface area contributed by atoms with Gasteiger partial charge in [0.2, 0.25) is 0 Å². The van der Waals surface area contributed by atoms with Crippen LogP contribution in [0.25, 0.3) is 0 Å². The van der Waals surface area contributed by atoms with E-state index in [0.29, 0.717) is 11.7 Å². The van der Waals surface area contributed by atoms with Gasteiger partial charge < -0.3 is 9.84 Å². The SMILES string of the molecule is OC(c1ccc(OC2CC2)cc1)c1ccncc1F. The van der Waals surface area contributed by atoms with Crippen molar-refractivity contribution in [3.63, 3.8) is 0 Å². The van der Waals surface area contributed by atoms with Crippen molar-refractivity contribution in [1.82, 2.24) is 4.98 Å². The third kappa shape index (κ3) is 2.74. The zero-order chi connectivity index (χ0) is 13.2. The highest BCUT2D eigenvalue weighted by Crippen LogP contribution is 2.29. The first kappa shape index (κ1) is 12.1. The predicted octanol–water partition coefficient (Wildman–Crippen LogP) is 2.84. The number of hydrogen-bond acceptors (Lipinski definition) is 3. The van der Waals surface area contributed by atoms with Crippen LogP contribution in [0.15, 0.2) is 42.7 Å². The predicted molar refractivity (Wildman–Crippen MR) is 68.3 cm³/mol. The van der Waals surface area contributed by atoms with Gasteiger partial charge in [0.1, 0.15) is 17.7 Å². The monoisotopic (exact) mass is 259 g/mol. The van der Waals surface area contributed by atoms with Crippen molar-refractivity contribution in [2.24, 2.45) is 0 Å². The lowest BCUT2D eigenvalue weighted by Crippen LogP contribution is -2.03. The number of rotatable bonds is 4. The van der Waals surface area contributed by atoms with Gasteiger partial charge in [-0.1, -0.05) is 12.1 Å². The number of aromatic nitrogens is 1. The quantitative estimate of drug-likeness (QED) is 0.918. The van der Waals surface area contributed by atoms with Gasteiger partial charge in [0, 0.05) is 11.8 Å². The number of pyridine rings is 1. The van der Waals surface area contributed by atoms with E-state index in [-0.39, 0.29) is 5.56 Å². The van der Waals surface area contributed by atoms with E-state index in [9.17, 15) is 9.50 Å². The van der Waals surface area contributed by atoms with Crippen molar-refractivity contribution in [3.8, 4) is 5.75 Å². The van der Waals surface area contributed by atoms with Gasteiger partial charge in [-0.25, -0.2) is 4.39 Å². The van der Waals surface area contributed by atoms with Crippen molar-refractivity contribution in [2.75, 3.05) is 0 Å². The van der Waals surface area contributed by atoms with Gasteiger partial charge in [0.15, 0.2) is 0 Å². The molecule has 0 spiro atoms. The molecule has 3 rings (SSSR count). The van der Waals surface area contributed by atoms with E-state index in [1.54, 1.807) is 24.3 Å². The number of halogens is 1. The van der Waals surface area contributed by atoms with Crippen LogP contribution in [0.2, 0.25) is 0 Å². The molecule has 1 saturated carbocycles. The molecule has 19 heavy (non-hydrogen) atoms. The fraction of sp³-hybridized carbons (Fsp3) is 0.267. The lowest BCUT2D eigenvalue weighted by Gasteiger charge is -2.13. The fourth-order valence-corrected chi connectivity index (χ4v) is 1.89. The molecule has 1 atom stereocenters. The van der Waals surface area contributed by atoms with Crippen LogP contribution < -0.4 is 4.74 Å². The number of aliphatic hydroxyl groups excluding tert-OH is 1. The Bertz CT molecular complexity index is 567. The first-order valence-electron chi connectivity index (χ1n) is 6.28. The Kier molecular flexibility index (Phi) is 3.17. The molecule has 98 valence electrons. The van der Waals surface area contributed by atoms with Crippen LogP contribution >= 0.6 is 0 Å². The topological polar surface area (TPSA) is 42.4 Å². The standard InChI is InChI=1S/C15H14FNO2/c16-14-9-17-8-7-13(14)15(18)10-1-3-11(4-2-10)19-12-5-6-12/h1-4,7-9,12,15,18H,5-6H2. The van der Waals surface area contributed by atoms with Crippen LogP contribution in [0.5, 0.6) is 5.75 Å². The van der Waals surface area contributed by atoms with Crippen LogP contribution in [0.1, 0.15) is 30.1 Å². The first-order valence-corrected chi connectivity index (χ1v) is 6.28. The molecule has 1 aliphatic rings. The Morgan fingerprint density at radius 1 is 1.21 bits per heavy atom. The molecule has 1 heterocycles. The smallest absolute Gasteiger partial charge is 0.147 e. The van der Waals surface area contributed by atoms with Gasteiger partial charge in [-0.15, -0.1) is 0 Å². The number of benzene rings is 1. The van der Waals surface area contributed by atoms with E-state index < -0.39 is 11.9 Å². The summed E-state index contributed by atoms with van der Waals surface area (Å²) in [5, 5.41) is 10.1. The summed E-state index contributed by atoms with van der Waals surface area (Å²) in [6, 6.07) is 8.59. The molecule has 1 aromatic heterocycles. The van der Waals surface area contributed by atoms with E-state index in [4.69, 9.17) is 4.74 Å². The molecular formula is C15H14FNO2. The maximum atomic E-state index is 13.5. The Morgan fingerprint density at radius 3 is 2.58 bits per heavy atom. The fourth-order valence-electron chi connectivity index (χ4n) is 1.89. The Labute approximate surface area is 110 Å². The molecule has 0 bridgehead atoms. The van der Waals surface area contributed by atoms with Gasteiger partial charge in [0.05, 0.1) is 12.3 Å². The molecule has 0 amide bonds. The minimum Gasteiger partial charge on any atom is -0.490 e. The van der Waals surface area contributed by atoms with Crippen LogP contribution in [0, 0.1) is 5.82 Å². The van der Waals surface area contributed by atoms with E-state index in [1.807, 2.05) is 0 Å². The second-order valence-electron chi connectivity index (χ2n) is 4.69. The highest BCUT2D eigenvalue weighted by atomic mass is 19.1. The van der Waals surface area contributed by atoms with Crippen molar-refractivity contribution < 1.29 is 14.2 Å². The average molecular weight is 259 g/mol. The molecule has 1 fully saturated rings. The zero-order valence-electron chi connectivity index (χ0n) is 10.3. The highest BCUT2D eigenvalue weighted by molar-refractivity contribution is 5.34. The molecule has 3 nitrogen and oxygen atoms in total. The average Bonchev–Trinajstić information content (AvgIpc) is 3.23. The van der Waals surface area contributed by atoms with Crippen LogP contribution in [-0.2, 0) is 0 Å². The number of nitrogens with zero attached hydrogens (tertiary/aromatic N) is 1. The largest absolute Gasteiger partial charge is 0.490 e. The van der Waals surface area contributed by atoms with Crippen molar-refractivity contribution in [2.45, 2.75) is 25.0 Å². The molecule has 1 aromatic carbocycles. The Hall–Kier alpha value is -1.94. The normalized spacial score (nSPS) is 16.1. The lowest BCUT2D eigenvalue weighted by molar-refractivity contribution is 0.214. The minimum atomic E-state index is -0.988. The molecule has 1 N–H and O–H groups in total. The third-order valence-corrected chi connectivity index (χ3v) is 3.12. The molecular weight excluding hydrogens is 245 g/mol. The molecule has 0 aliphatic heterocycles. The van der Waals surface area contributed by atoms with Gasteiger partial charge in [-0.2, -0.15) is 0 Å². The van der Waals surface area contributed by atoms with Crippen LogP contribution in [0.4, 0.5) is 4.39 Å². The maximum absolute atomic E-state index is 13.5. The molecule has 2 aromatic rings. The molecule has 0 radical (unpaired) electrons. The summed E-state index contributed by atoms with van der Waals surface area (Å²) in [7, 11) is 0. The number of ether oxygens (including phenoxy) is 1. The molecule has 0 saturated heterocycles. The van der Waals surface area contributed by atoms with E-state index in [1.165, 1.54) is 12.3 Å². The molecule has 1 unspecified atom stereocenters. The van der Waals surface area contributed by atoms with Gasteiger partial charge in [-0.3, -0.25) is 4.98 Å². The number of aliphatic hydroxyl groups is 1. The van der Waals surface area contributed by atoms with Gasteiger partial charge >= 0.3 is 0 Å². The van der Waals surface area contributed by atoms with E-state index in [0.717, 1.165) is 24.8 Å². The zero-order valence-corrected chi connectivity index (χ0v) is 10.3. The Balaban J connectivity index is 1.79. The molecule has 4 heteroatoms. The summed E-state index contributed by atoms with van der Waals surface area (Å²) >= 11 is 0. The summed E-state index contributed by atoms with van der Waals surface area (Å²) in [6.45, 7) is 0. The van der Waals surface area contributed by atoms with Crippen LogP contribution in [-0.4, -0.2) is 16.2 Å². The van der Waals surface area contributed by atoms with Crippen molar-refractivity contribution in [3.05, 3.63) is 59.7 Å². The van der Waals surface area contributed by atoms with E-state index >= 15 is 0 Å². The van der Waals surface area contributed by atoms with Crippen molar-refractivity contribution in [1.29, 1.82) is 0 Å². The second kappa shape index (κ2) is 4.97. The van der Waals surface area contributed by atoms with Crippen LogP contribution in [0.3, 0.4) is 0 Å². The molecule has 1 aliphatic carbocycles. The number of hydrogen-bond donors (Lipinski definition) is 1. The minimum absolute atomic E-state index is 0.228. The lowest BCUT2D eigenvalue weighted by atomic mass is 10.0. The summed E-state index contributed by atoms with van der Waals surface area (Å²) in [4.78, 5) is 3.67.